The first-order valence-corrected chi connectivity index (χ1v) is 11.5. The number of benzene rings is 3. The van der Waals surface area contributed by atoms with Gasteiger partial charge in [0.05, 0.1) is 19.8 Å². The molecule has 182 valence electrons. The molecule has 1 aromatic heterocycles. The van der Waals surface area contributed by atoms with Crippen molar-refractivity contribution in [2.75, 3.05) is 14.2 Å². The first kappa shape index (κ1) is 24.3. The van der Waals surface area contributed by atoms with E-state index in [9.17, 15) is 0 Å². The molecule has 7 nitrogen and oxygen atoms in total. The maximum atomic E-state index is 6.59. The molecule has 0 saturated heterocycles. The molecule has 0 aliphatic carbocycles. The molecule has 4 rings (SSSR count). The lowest BCUT2D eigenvalue weighted by Gasteiger charge is -2.24. The Morgan fingerprint density at radius 3 is 2.23 bits per heavy atom. The highest BCUT2D eigenvalue weighted by molar-refractivity contribution is 5.68. The van der Waals surface area contributed by atoms with E-state index in [0.717, 1.165) is 11.1 Å². The molecule has 1 heterocycles. The molecular formula is C28H32N4O3. The van der Waals surface area contributed by atoms with E-state index < -0.39 is 5.54 Å². The molecule has 0 bridgehead atoms. The van der Waals surface area contributed by atoms with E-state index in [1.807, 2.05) is 44.2 Å². The minimum Gasteiger partial charge on any atom is -0.496 e. The molecular weight excluding hydrogens is 440 g/mol. The molecule has 4 aromatic rings. The Kier molecular flexibility index (Phi) is 7.07. The first-order valence-electron chi connectivity index (χ1n) is 11.5. The van der Waals surface area contributed by atoms with Crippen molar-refractivity contribution in [3.8, 4) is 28.4 Å². The Morgan fingerprint density at radius 1 is 0.943 bits per heavy atom. The SMILES string of the molecule is COc1cc(OCc2cccc(-c3ccccc3)c2C)cc(OC)c1CC(C)(N)c1n[nH]c(C)n1. The van der Waals surface area contributed by atoms with Crippen molar-refractivity contribution in [2.45, 2.75) is 39.3 Å². The van der Waals surface area contributed by atoms with E-state index in [4.69, 9.17) is 19.9 Å². The second-order valence-electron chi connectivity index (χ2n) is 8.89. The molecule has 0 radical (unpaired) electrons. The highest BCUT2D eigenvalue weighted by Gasteiger charge is 2.30. The third-order valence-electron chi connectivity index (χ3n) is 6.16. The lowest BCUT2D eigenvalue weighted by atomic mass is 9.92. The standard InChI is InChI=1S/C28H32N4O3/c1-18-21(12-9-13-23(18)20-10-7-6-8-11-20)17-35-22-14-25(33-4)24(26(15-22)34-5)16-28(3,29)27-30-19(2)31-32-27/h6-15H,16-17,29H2,1-5H3,(H,30,31,32). The highest BCUT2D eigenvalue weighted by atomic mass is 16.5. The lowest BCUT2D eigenvalue weighted by molar-refractivity contribution is 0.298. The Balaban J connectivity index is 1.58. The van der Waals surface area contributed by atoms with Crippen molar-refractivity contribution in [1.29, 1.82) is 0 Å². The van der Waals surface area contributed by atoms with Gasteiger partial charge in [-0.25, -0.2) is 4.98 Å². The van der Waals surface area contributed by atoms with Crippen LogP contribution in [0.5, 0.6) is 17.2 Å². The summed E-state index contributed by atoms with van der Waals surface area (Å²) in [6.45, 7) is 6.28. The minimum atomic E-state index is -0.817. The van der Waals surface area contributed by atoms with Gasteiger partial charge in [0.15, 0.2) is 5.82 Å². The normalized spacial score (nSPS) is 12.7. The zero-order valence-corrected chi connectivity index (χ0v) is 20.9. The second kappa shape index (κ2) is 10.2. The molecule has 3 N–H and O–H groups in total. The lowest BCUT2D eigenvalue weighted by Crippen LogP contribution is -2.37. The summed E-state index contributed by atoms with van der Waals surface area (Å²) in [6.07, 6.45) is 0.426. The van der Waals surface area contributed by atoms with Crippen molar-refractivity contribution < 1.29 is 14.2 Å². The molecule has 1 atom stereocenters. The molecule has 35 heavy (non-hydrogen) atoms. The monoisotopic (exact) mass is 472 g/mol. The predicted octanol–water partition coefficient (Wildman–Crippen LogP) is 5.10. The van der Waals surface area contributed by atoms with Crippen LogP contribution in [0.25, 0.3) is 11.1 Å². The summed E-state index contributed by atoms with van der Waals surface area (Å²) in [5.41, 5.74) is 11.3. The average molecular weight is 473 g/mol. The van der Waals surface area contributed by atoms with Crippen molar-refractivity contribution >= 4 is 0 Å². The largest absolute Gasteiger partial charge is 0.496 e. The fourth-order valence-corrected chi connectivity index (χ4v) is 4.19. The maximum Gasteiger partial charge on any atom is 0.170 e. The van der Waals surface area contributed by atoms with Gasteiger partial charge in [-0.2, -0.15) is 5.10 Å². The van der Waals surface area contributed by atoms with Gasteiger partial charge in [0.2, 0.25) is 0 Å². The number of nitrogens with two attached hydrogens (primary N) is 1. The number of H-pyrrole nitrogens is 1. The Morgan fingerprint density at radius 2 is 1.63 bits per heavy atom. The number of aromatic amines is 1. The Labute approximate surface area is 206 Å². The smallest absolute Gasteiger partial charge is 0.170 e. The van der Waals surface area contributed by atoms with Crippen molar-refractivity contribution in [3.05, 3.63) is 89.0 Å². The molecule has 0 saturated carbocycles. The van der Waals surface area contributed by atoms with Crippen molar-refractivity contribution in [3.63, 3.8) is 0 Å². The number of methoxy groups -OCH3 is 2. The Bertz CT molecular complexity index is 1270. The summed E-state index contributed by atoms with van der Waals surface area (Å²) in [6, 6.07) is 20.4. The van der Waals surface area contributed by atoms with E-state index in [2.05, 4.69) is 52.4 Å². The van der Waals surface area contributed by atoms with Gasteiger partial charge in [0, 0.05) is 24.1 Å². The first-order chi connectivity index (χ1) is 16.8. The van der Waals surface area contributed by atoms with Crippen LogP contribution >= 0.6 is 0 Å². The molecule has 0 spiro atoms. The predicted molar refractivity (Wildman–Crippen MR) is 137 cm³/mol. The van der Waals surface area contributed by atoms with Gasteiger partial charge < -0.3 is 19.9 Å². The van der Waals surface area contributed by atoms with E-state index in [1.54, 1.807) is 14.2 Å². The number of nitrogens with zero attached hydrogens (tertiary/aromatic N) is 2. The molecule has 0 amide bonds. The second-order valence-corrected chi connectivity index (χ2v) is 8.89. The van der Waals surface area contributed by atoms with Gasteiger partial charge >= 0.3 is 0 Å². The summed E-state index contributed by atoms with van der Waals surface area (Å²) in [4.78, 5) is 4.41. The summed E-state index contributed by atoms with van der Waals surface area (Å²) >= 11 is 0. The number of aromatic nitrogens is 3. The summed E-state index contributed by atoms with van der Waals surface area (Å²) < 4.78 is 17.6. The van der Waals surface area contributed by atoms with Gasteiger partial charge in [-0.1, -0.05) is 48.5 Å². The number of rotatable bonds is 9. The third-order valence-corrected chi connectivity index (χ3v) is 6.16. The van der Waals surface area contributed by atoms with Crippen LogP contribution < -0.4 is 19.9 Å². The maximum absolute atomic E-state index is 6.59. The quantitative estimate of drug-likeness (QED) is 0.352. The van der Waals surface area contributed by atoms with Crippen LogP contribution in [0.15, 0.2) is 60.7 Å². The summed E-state index contributed by atoms with van der Waals surface area (Å²) in [5, 5.41) is 7.10. The fourth-order valence-electron chi connectivity index (χ4n) is 4.19. The molecule has 0 aliphatic heterocycles. The fraction of sp³-hybridized carbons (Fsp3) is 0.286. The molecule has 1 unspecified atom stereocenters. The number of hydrogen-bond donors (Lipinski definition) is 2. The van der Waals surface area contributed by atoms with Crippen LogP contribution in [0.1, 0.15) is 35.3 Å². The molecule has 3 aromatic carbocycles. The summed E-state index contributed by atoms with van der Waals surface area (Å²) in [7, 11) is 3.25. The van der Waals surface area contributed by atoms with E-state index in [-0.39, 0.29) is 0 Å². The van der Waals surface area contributed by atoms with Gasteiger partial charge in [0.25, 0.3) is 0 Å². The van der Waals surface area contributed by atoms with E-state index >= 15 is 0 Å². The van der Waals surface area contributed by atoms with Crippen LogP contribution in [0.4, 0.5) is 0 Å². The zero-order chi connectivity index (χ0) is 25.0. The number of nitrogens with one attached hydrogen (secondary N) is 1. The minimum absolute atomic E-state index is 0.420. The average Bonchev–Trinajstić information content (AvgIpc) is 3.31. The Hall–Kier alpha value is -3.84. The number of ether oxygens (including phenoxy) is 3. The number of hydrogen-bond acceptors (Lipinski definition) is 6. The number of aryl methyl sites for hydroxylation is 1. The van der Waals surface area contributed by atoms with Gasteiger partial charge in [-0.3, -0.25) is 5.10 Å². The van der Waals surface area contributed by atoms with Gasteiger partial charge in [0.1, 0.15) is 29.7 Å². The van der Waals surface area contributed by atoms with E-state index in [0.29, 0.717) is 41.9 Å². The van der Waals surface area contributed by atoms with Crippen molar-refractivity contribution in [2.24, 2.45) is 5.73 Å². The van der Waals surface area contributed by atoms with Crippen LogP contribution in [0.2, 0.25) is 0 Å². The zero-order valence-electron chi connectivity index (χ0n) is 20.9. The topological polar surface area (TPSA) is 95.3 Å². The van der Waals surface area contributed by atoms with Gasteiger partial charge in [-0.05, 0) is 43.0 Å². The van der Waals surface area contributed by atoms with Crippen LogP contribution in [-0.2, 0) is 18.6 Å². The van der Waals surface area contributed by atoms with Gasteiger partial charge in [-0.15, -0.1) is 0 Å². The van der Waals surface area contributed by atoms with E-state index in [1.165, 1.54) is 16.7 Å². The molecule has 7 heteroatoms. The van der Waals surface area contributed by atoms with Crippen molar-refractivity contribution in [1.82, 2.24) is 15.2 Å². The van der Waals surface area contributed by atoms with Crippen LogP contribution in [-0.4, -0.2) is 29.4 Å². The molecule has 0 fully saturated rings. The van der Waals surface area contributed by atoms with Crippen LogP contribution in [0.3, 0.4) is 0 Å². The highest BCUT2D eigenvalue weighted by Crippen LogP contribution is 2.38. The third kappa shape index (κ3) is 5.30. The summed E-state index contributed by atoms with van der Waals surface area (Å²) in [5.74, 6) is 3.18. The molecule has 0 aliphatic rings. The van der Waals surface area contributed by atoms with Crippen LogP contribution in [0, 0.1) is 13.8 Å².